The number of carbonyl (C=O) groups is 1. The van der Waals surface area contributed by atoms with Gasteiger partial charge >= 0.3 is 0 Å². The quantitative estimate of drug-likeness (QED) is 0.846. The first-order chi connectivity index (χ1) is 12.9. The number of benzene rings is 2. The van der Waals surface area contributed by atoms with Crippen LogP contribution in [0, 0.1) is 12.7 Å². The second-order valence-electron chi connectivity index (χ2n) is 6.84. The van der Waals surface area contributed by atoms with Gasteiger partial charge in [-0.15, -0.1) is 0 Å². The molecule has 0 aromatic heterocycles. The van der Waals surface area contributed by atoms with Crippen LogP contribution in [0.5, 0.6) is 0 Å². The van der Waals surface area contributed by atoms with Gasteiger partial charge in [0.1, 0.15) is 5.82 Å². The summed E-state index contributed by atoms with van der Waals surface area (Å²) in [5.74, 6) is -0.700. The summed E-state index contributed by atoms with van der Waals surface area (Å²) in [5, 5.41) is 2.84. The molecule has 1 heterocycles. The standard InChI is InChI=1S/C20H23FN2O3S/c1-15-5-4-6-17(13-15)22-20(24)14-18-7-2-3-12-23(18)27(25,26)19-10-8-16(21)9-11-19/h4-6,8-11,13,18H,2-3,7,12,14H2,1H3,(H,22,24)/t18-/m1/s1. The summed E-state index contributed by atoms with van der Waals surface area (Å²) in [7, 11) is -3.77. The number of rotatable bonds is 5. The molecule has 1 N–H and O–H groups in total. The molecule has 2 aromatic rings. The molecule has 1 amide bonds. The average Bonchev–Trinajstić information content (AvgIpc) is 2.62. The molecule has 5 nitrogen and oxygen atoms in total. The Kier molecular flexibility index (Phi) is 5.92. The van der Waals surface area contributed by atoms with Crippen molar-refractivity contribution < 1.29 is 17.6 Å². The van der Waals surface area contributed by atoms with E-state index in [9.17, 15) is 17.6 Å². The molecule has 1 aliphatic heterocycles. The number of sulfonamides is 1. The second-order valence-corrected chi connectivity index (χ2v) is 8.73. The van der Waals surface area contributed by atoms with Crippen LogP contribution in [-0.2, 0) is 14.8 Å². The van der Waals surface area contributed by atoms with Gasteiger partial charge in [-0.1, -0.05) is 18.6 Å². The summed E-state index contributed by atoms with van der Waals surface area (Å²) in [6.45, 7) is 2.30. The molecule has 3 rings (SSSR count). The van der Waals surface area contributed by atoms with Gasteiger partial charge in [0, 0.05) is 24.7 Å². The number of carbonyl (C=O) groups excluding carboxylic acids is 1. The molecule has 0 radical (unpaired) electrons. The molecule has 2 aromatic carbocycles. The van der Waals surface area contributed by atoms with Crippen LogP contribution in [0.25, 0.3) is 0 Å². The van der Waals surface area contributed by atoms with Crippen molar-refractivity contribution in [3.05, 3.63) is 59.9 Å². The van der Waals surface area contributed by atoms with Crippen LogP contribution < -0.4 is 5.32 Å². The number of amides is 1. The minimum atomic E-state index is -3.77. The van der Waals surface area contributed by atoms with Crippen LogP contribution >= 0.6 is 0 Å². The maximum absolute atomic E-state index is 13.1. The van der Waals surface area contributed by atoms with Crippen molar-refractivity contribution in [2.24, 2.45) is 0 Å². The number of nitrogens with zero attached hydrogens (tertiary/aromatic N) is 1. The zero-order valence-electron chi connectivity index (χ0n) is 15.2. The molecule has 144 valence electrons. The van der Waals surface area contributed by atoms with Gasteiger partial charge in [0.15, 0.2) is 0 Å². The Morgan fingerprint density at radius 2 is 1.93 bits per heavy atom. The minimum Gasteiger partial charge on any atom is -0.326 e. The number of hydrogen-bond donors (Lipinski definition) is 1. The molecular formula is C20H23FN2O3S. The lowest BCUT2D eigenvalue weighted by molar-refractivity contribution is -0.117. The summed E-state index contributed by atoms with van der Waals surface area (Å²) < 4.78 is 40.5. The number of piperidine rings is 1. The fourth-order valence-corrected chi connectivity index (χ4v) is 5.08. The van der Waals surface area contributed by atoms with E-state index >= 15 is 0 Å². The zero-order chi connectivity index (χ0) is 19.4. The Morgan fingerprint density at radius 1 is 1.19 bits per heavy atom. The van der Waals surface area contributed by atoms with Crippen molar-refractivity contribution in [3.8, 4) is 0 Å². The molecule has 1 saturated heterocycles. The summed E-state index contributed by atoms with van der Waals surface area (Å²) in [6.07, 6.45) is 2.34. The zero-order valence-corrected chi connectivity index (χ0v) is 16.0. The number of nitrogens with one attached hydrogen (secondary N) is 1. The van der Waals surface area contributed by atoms with E-state index in [1.165, 1.54) is 16.4 Å². The average molecular weight is 390 g/mol. The van der Waals surface area contributed by atoms with Gasteiger partial charge in [0.2, 0.25) is 15.9 Å². The number of aryl methyl sites for hydroxylation is 1. The number of anilines is 1. The van der Waals surface area contributed by atoms with Crippen molar-refractivity contribution >= 4 is 21.6 Å². The molecule has 1 aliphatic rings. The van der Waals surface area contributed by atoms with Crippen molar-refractivity contribution in [3.63, 3.8) is 0 Å². The van der Waals surface area contributed by atoms with Crippen LogP contribution in [-0.4, -0.2) is 31.2 Å². The van der Waals surface area contributed by atoms with Gasteiger partial charge in [-0.25, -0.2) is 12.8 Å². The SMILES string of the molecule is Cc1cccc(NC(=O)C[C@H]2CCCCN2S(=O)(=O)c2ccc(F)cc2)c1. The first-order valence-electron chi connectivity index (χ1n) is 9.00. The fraction of sp³-hybridized carbons (Fsp3) is 0.350. The predicted octanol–water partition coefficient (Wildman–Crippen LogP) is 3.71. The predicted molar refractivity (Wildman–Crippen MR) is 102 cm³/mol. The van der Waals surface area contributed by atoms with Crippen LogP contribution in [0.3, 0.4) is 0 Å². The molecule has 0 spiro atoms. The molecular weight excluding hydrogens is 367 g/mol. The second kappa shape index (κ2) is 8.19. The van der Waals surface area contributed by atoms with Gasteiger partial charge in [-0.3, -0.25) is 4.79 Å². The van der Waals surface area contributed by atoms with Crippen molar-refractivity contribution in [1.82, 2.24) is 4.31 Å². The van der Waals surface area contributed by atoms with Crippen LogP contribution in [0.4, 0.5) is 10.1 Å². The van der Waals surface area contributed by atoms with Crippen molar-refractivity contribution in [2.45, 2.75) is 43.5 Å². The molecule has 1 atom stereocenters. The highest BCUT2D eigenvalue weighted by Crippen LogP contribution is 2.27. The first kappa shape index (κ1) is 19.5. The smallest absolute Gasteiger partial charge is 0.243 e. The Balaban J connectivity index is 1.75. The lowest BCUT2D eigenvalue weighted by Gasteiger charge is -2.34. The van der Waals surface area contributed by atoms with Crippen LogP contribution in [0.2, 0.25) is 0 Å². The van der Waals surface area contributed by atoms with Crippen LogP contribution in [0.15, 0.2) is 53.4 Å². The van der Waals surface area contributed by atoms with E-state index in [4.69, 9.17) is 0 Å². The maximum atomic E-state index is 13.1. The lowest BCUT2D eigenvalue weighted by atomic mass is 10.0. The topological polar surface area (TPSA) is 66.5 Å². The third-order valence-corrected chi connectivity index (χ3v) is 6.68. The summed E-state index contributed by atoms with van der Waals surface area (Å²) >= 11 is 0. The molecule has 0 bridgehead atoms. The third-order valence-electron chi connectivity index (χ3n) is 4.72. The van der Waals surface area contributed by atoms with E-state index in [0.717, 1.165) is 30.5 Å². The Hall–Kier alpha value is -2.25. The van der Waals surface area contributed by atoms with Crippen LogP contribution in [0.1, 0.15) is 31.2 Å². The van der Waals surface area contributed by atoms with E-state index in [1.807, 2.05) is 25.1 Å². The maximum Gasteiger partial charge on any atom is 0.243 e. The van der Waals surface area contributed by atoms with E-state index in [-0.39, 0.29) is 17.2 Å². The van der Waals surface area contributed by atoms with E-state index in [1.54, 1.807) is 6.07 Å². The van der Waals surface area contributed by atoms with Crippen molar-refractivity contribution in [2.75, 3.05) is 11.9 Å². The van der Waals surface area contributed by atoms with E-state index in [2.05, 4.69) is 5.32 Å². The van der Waals surface area contributed by atoms with Gasteiger partial charge in [-0.05, 0) is 61.7 Å². The Morgan fingerprint density at radius 3 is 2.63 bits per heavy atom. The number of halogens is 1. The first-order valence-corrected chi connectivity index (χ1v) is 10.4. The molecule has 0 saturated carbocycles. The van der Waals surface area contributed by atoms with Gasteiger partial charge in [-0.2, -0.15) is 4.31 Å². The normalized spacial score (nSPS) is 18.2. The number of hydrogen-bond acceptors (Lipinski definition) is 3. The highest BCUT2D eigenvalue weighted by atomic mass is 32.2. The lowest BCUT2D eigenvalue weighted by Crippen LogP contribution is -2.45. The highest BCUT2D eigenvalue weighted by molar-refractivity contribution is 7.89. The highest BCUT2D eigenvalue weighted by Gasteiger charge is 2.34. The summed E-state index contributed by atoms with van der Waals surface area (Å²) in [5.41, 5.74) is 1.73. The Labute approximate surface area is 159 Å². The monoisotopic (exact) mass is 390 g/mol. The summed E-state index contributed by atoms with van der Waals surface area (Å²) in [4.78, 5) is 12.5. The molecule has 7 heteroatoms. The Bertz CT molecular complexity index is 913. The largest absolute Gasteiger partial charge is 0.326 e. The third kappa shape index (κ3) is 4.73. The van der Waals surface area contributed by atoms with Gasteiger partial charge in [0.25, 0.3) is 0 Å². The van der Waals surface area contributed by atoms with E-state index in [0.29, 0.717) is 18.7 Å². The molecule has 0 unspecified atom stereocenters. The van der Waals surface area contributed by atoms with Crippen molar-refractivity contribution in [1.29, 1.82) is 0 Å². The molecule has 0 aliphatic carbocycles. The minimum absolute atomic E-state index is 0.0508. The molecule has 27 heavy (non-hydrogen) atoms. The molecule has 1 fully saturated rings. The summed E-state index contributed by atoms with van der Waals surface area (Å²) in [6, 6.07) is 11.9. The van der Waals surface area contributed by atoms with Gasteiger partial charge in [0.05, 0.1) is 4.90 Å². The fourth-order valence-electron chi connectivity index (χ4n) is 3.39. The van der Waals surface area contributed by atoms with Gasteiger partial charge < -0.3 is 5.32 Å². The van der Waals surface area contributed by atoms with E-state index < -0.39 is 21.9 Å².